The van der Waals surface area contributed by atoms with Crippen LogP contribution in [0, 0.1) is 6.92 Å². The zero-order valence-electron chi connectivity index (χ0n) is 19.3. The van der Waals surface area contributed by atoms with Crippen molar-refractivity contribution in [2.75, 3.05) is 26.6 Å². The van der Waals surface area contributed by atoms with Crippen molar-refractivity contribution in [3.8, 4) is 23.2 Å². The van der Waals surface area contributed by atoms with Gasteiger partial charge >= 0.3 is 0 Å². The lowest BCUT2D eigenvalue weighted by Crippen LogP contribution is -2.18. The number of rotatable bonds is 9. The Morgan fingerprint density at radius 1 is 1.12 bits per heavy atom. The number of aromatic nitrogens is 4. The molecule has 3 rings (SSSR count). The van der Waals surface area contributed by atoms with Gasteiger partial charge in [0.2, 0.25) is 17.6 Å². The molecule has 3 aromatic rings. The molecule has 0 aliphatic carbocycles. The first-order chi connectivity index (χ1) is 15.9. The molecule has 0 unspecified atom stereocenters. The van der Waals surface area contributed by atoms with Crippen LogP contribution in [0.4, 0.5) is 5.82 Å². The van der Waals surface area contributed by atoms with Crippen LogP contribution in [0.1, 0.15) is 30.3 Å². The normalized spacial score (nSPS) is 10.9. The summed E-state index contributed by atoms with van der Waals surface area (Å²) in [7, 11) is 4.57. The Kier molecular flexibility index (Phi) is 7.50. The van der Waals surface area contributed by atoms with Gasteiger partial charge in [-0.15, -0.1) is 0 Å². The van der Waals surface area contributed by atoms with Gasteiger partial charge in [-0.3, -0.25) is 14.6 Å². The summed E-state index contributed by atoms with van der Waals surface area (Å²) in [6.07, 6.45) is 4.51. The molecule has 0 spiro atoms. The number of aryl methyl sites for hydroxylation is 2. The van der Waals surface area contributed by atoms with Crippen molar-refractivity contribution < 1.29 is 19.0 Å². The third-order valence-corrected chi connectivity index (χ3v) is 4.69. The standard InChI is InChI=1S/C23H27N5O5/c1-6-7-16-13-21(30)26-23(24-16)28-19(10-14(2)27-28)25-20(29)9-8-15-11-17(31-3)22(33-5)18(12-15)32-4/h8-13H,6-7H2,1-5H3,(H,25,29)(H,24,26,30). The summed E-state index contributed by atoms with van der Waals surface area (Å²) in [5.41, 5.74) is 1.71. The van der Waals surface area contributed by atoms with Crippen LogP contribution in [0.5, 0.6) is 17.2 Å². The Balaban J connectivity index is 1.85. The highest BCUT2D eigenvalue weighted by molar-refractivity contribution is 6.01. The summed E-state index contributed by atoms with van der Waals surface area (Å²) < 4.78 is 17.4. The van der Waals surface area contributed by atoms with E-state index < -0.39 is 5.91 Å². The lowest BCUT2D eigenvalue weighted by molar-refractivity contribution is -0.111. The van der Waals surface area contributed by atoms with Crippen molar-refractivity contribution in [3.05, 3.63) is 57.6 Å². The number of nitrogens with one attached hydrogen (secondary N) is 2. The molecule has 1 aromatic carbocycles. The summed E-state index contributed by atoms with van der Waals surface area (Å²) in [6, 6.07) is 6.61. The van der Waals surface area contributed by atoms with Gasteiger partial charge in [0, 0.05) is 23.9 Å². The number of amides is 1. The van der Waals surface area contributed by atoms with Gasteiger partial charge in [0.15, 0.2) is 11.5 Å². The number of hydrogen-bond donors (Lipinski definition) is 2. The summed E-state index contributed by atoms with van der Waals surface area (Å²) in [6.45, 7) is 3.79. The lowest BCUT2D eigenvalue weighted by atomic mass is 10.1. The smallest absolute Gasteiger partial charge is 0.252 e. The molecule has 10 heteroatoms. The number of H-pyrrole nitrogens is 1. The van der Waals surface area contributed by atoms with Crippen LogP contribution in [0.2, 0.25) is 0 Å². The molecular weight excluding hydrogens is 426 g/mol. The third kappa shape index (κ3) is 5.59. The summed E-state index contributed by atoms with van der Waals surface area (Å²) >= 11 is 0. The first-order valence-electron chi connectivity index (χ1n) is 10.3. The molecule has 33 heavy (non-hydrogen) atoms. The monoisotopic (exact) mass is 453 g/mol. The highest BCUT2D eigenvalue weighted by atomic mass is 16.5. The number of methoxy groups -OCH3 is 3. The number of nitrogens with zero attached hydrogens (tertiary/aromatic N) is 3. The topological polar surface area (TPSA) is 120 Å². The largest absolute Gasteiger partial charge is 0.493 e. The average molecular weight is 453 g/mol. The number of anilines is 1. The molecule has 0 aliphatic heterocycles. The van der Waals surface area contributed by atoms with Gasteiger partial charge in [0.1, 0.15) is 5.82 Å². The zero-order valence-corrected chi connectivity index (χ0v) is 19.3. The van der Waals surface area contributed by atoms with Gasteiger partial charge in [0.25, 0.3) is 5.56 Å². The molecule has 0 fully saturated rings. The Bertz CT molecular complexity index is 1200. The molecule has 2 aromatic heterocycles. The molecule has 0 atom stereocenters. The molecule has 0 bridgehead atoms. The number of carbonyl (C=O) groups is 1. The molecule has 1 amide bonds. The van der Waals surface area contributed by atoms with E-state index in [1.807, 2.05) is 6.92 Å². The van der Waals surface area contributed by atoms with Crippen LogP contribution in [0.3, 0.4) is 0 Å². The third-order valence-electron chi connectivity index (χ3n) is 4.69. The van der Waals surface area contributed by atoms with Gasteiger partial charge < -0.3 is 19.5 Å². The zero-order chi connectivity index (χ0) is 24.0. The van der Waals surface area contributed by atoms with E-state index in [1.165, 1.54) is 38.2 Å². The van der Waals surface area contributed by atoms with Crippen LogP contribution in [-0.2, 0) is 11.2 Å². The van der Waals surface area contributed by atoms with Gasteiger partial charge in [-0.2, -0.15) is 9.78 Å². The number of hydrogen-bond acceptors (Lipinski definition) is 7. The first kappa shape index (κ1) is 23.6. The average Bonchev–Trinajstić information content (AvgIpc) is 3.16. The molecule has 2 N–H and O–H groups in total. The molecule has 0 saturated heterocycles. The van der Waals surface area contributed by atoms with E-state index in [9.17, 15) is 9.59 Å². The van der Waals surface area contributed by atoms with E-state index in [4.69, 9.17) is 14.2 Å². The Hall–Kier alpha value is -4.08. The maximum Gasteiger partial charge on any atom is 0.252 e. The SMILES string of the molecule is CCCc1cc(=O)[nH]c(-n2nc(C)cc2NC(=O)C=Cc2cc(OC)c(OC)c(OC)c2)n1. The fourth-order valence-electron chi connectivity index (χ4n) is 3.27. The number of carbonyl (C=O) groups excluding carboxylic acids is 1. The summed E-state index contributed by atoms with van der Waals surface area (Å²) in [5, 5.41) is 7.13. The van der Waals surface area contributed by atoms with E-state index in [0.717, 1.165) is 6.42 Å². The van der Waals surface area contributed by atoms with Gasteiger partial charge in [0.05, 0.1) is 27.0 Å². The quantitative estimate of drug-likeness (QED) is 0.478. The first-order valence-corrected chi connectivity index (χ1v) is 10.3. The van der Waals surface area contributed by atoms with E-state index >= 15 is 0 Å². The van der Waals surface area contributed by atoms with Gasteiger partial charge in [-0.1, -0.05) is 13.3 Å². The summed E-state index contributed by atoms with van der Waals surface area (Å²) in [5.74, 6) is 1.65. The van der Waals surface area contributed by atoms with Gasteiger partial charge in [-0.05, 0) is 37.1 Å². The second-order valence-electron chi connectivity index (χ2n) is 7.17. The van der Waals surface area contributed by atoms with Gasteiger partial charge in [-0.25, -0.2) is 4.98 Å². The molecule has 2 heterocycles. The number of benzene rings is 1. The van der Waals surface area contributed by atoms with Crippen molar-refractivity contribution in [1.82, 2.24) is 19.7 Å². The predicted molar refractivity (Wildman–Crippen MR) is 124 cm³/mol. The Morgan fingerprint density at radius 2 is 1.82 bits per heavy atom. The maximum absolute atomic E-state index is 12.6. The molecule has 10 nitrogen and oxygen atoms in total. The second kappa shape index (κ2) is 10.5. The van der Waals surface area contributed by atoms with Crippen molar-refractivity contribution in [2.45, 2.75) is 26.7 Å². The van der Waals surface area contributed by atoms with E-state index in [2.05, 4.69) is 20.4 Å². The van der Waals surface area contributed by atoms with E-state index in [-0.39, 0.29) is 11.5 Å². The highest BCUT2D eigenvalue weighted by Crippen LogP contribution is 2.38. The number of aromatic amines is 1. The maximum atomic E-state index is 12.6. The molecule has 0 saturated carbocycles. The van der Waals surface area contributed by atoms with Crippen LogP contribution >= 0.6 is 0 Å². The second-order valence-corrected chi connectivity index (χ2v) is 7.17. The highest BCUT2D eigenvalue weighted by Gasteiger charge is 2.14. The fraction of sp³-hybridized carbons (Fsp3) is 0.304. The van der Waals surface area contributed by atoms with Crippen LogP contribution in [-0.4, -0.2) is 47.0 Å². The minimum atomic E-state index is -0.392. The Labute approximate surface area is 191 Å². The van der Waals surface area contributed by atoms with Crippen LogP contribution < -0.4 is 25.1 Å². The van der Waals surface area contributed by atoms with Crippen LogP contribution in [0.15, 0.2) is 35.1 Å². The minimum absolute atomic E-state index is 0.239. The summed E-state index contributed by atoms with van der Waals surface area (Å²) in [4.78, 5) is 31.8. The molecule has 0 radical (unpaired) electrons. The van der Waals surface area contributed by atoms with Crippen molar-refractivity contribution in [3.63, 3.8) is 0 Å². The lowest BCUT2D eigenvalue weighted by Gasteiger charge is -2.12. The van der Waals surface area contributed by atoms with Crippen molar-refractivity contribution in [2.24, 2.45) is 0 Å². The molecule has 174 valence electrons. The van der Waals surface area contributed by atoms with Crippen molar-refractivity contribution >= 4 is 17.8 Å². The molecule has 0 aliphatic rings. The molecular formula is C23H27N5O5. The Morgan fingerprint density at radius 3 is 2.42 bits per heavy atom. The predicted octanol–water partition coefficient (Wildman–Crippen LogP) is 2.89. The van der Waals surface area contributed by atoms with Crippen molar-refractivity contribution in [1.29, 1.82) is 0 Å². The fourth-order valence-corrected chi connectivity index (χ4v) is 3.27. The number of ether oxygens (including phenoxy) is 3. The van der Waals surface area contributed by atoms with Crippen LogP contribution in [0.25, 0.3) is 12.0 Å². The van der Waals surface area contributed by atoms with E-state index in [1.54, 1.807) is 31.2 Å². The van der Waals surface area contributed by atoms with E-state index in [0.29, 0.717) is 46.4 Å². The minimum Gasteiger partial charge on any atom is -0.493 e.